The Kier molecular flexibility index (Phi) is 2.13. The zero-order valence-corrected chi connectivity index (χ0v) is 7.86. The molecule has 1 N–H and O–H groups in total. The monoisotopic (exact) mass is 171 g/mol. The molecule has 1 aromatic rings. The topological polar surface area (TPSA) is 25.0 Å². The molecule has 0 saturated heterocycles. The van der Waals surface area contributed by atoms with Crippen LogP contribution in [0.3, 0.4) is 0 Å². The zero-order chi connectivity index (χ0) is 9.35. The van der Waals surface area contributed by atoms with E-state index in [4.69, 9.17) is 4.74 Å². The maximum absolute atomic E-state index is 13.2. The highest BCUT2D eigenvalue weighted by Gasteiger charge is 2.24. The largest absolute Gasteiger partial charge is 0.482 e. The van der Waals surface area contributed by atoms with Crippen LogP contribution >= 0.6 is 0 Å². The van der Waals surface area contributed by atoms with Gasteiger partial charge in [0.2, 0.25) is 0 Å². The summed E-state index contributed by atoms with van der Waals surface area (Å²) in [5.74, 6) is 0.277. The molecule has 1 aromatic heterocycles. The summed E-state index contributed by atoms with van der Waals surface area (Å²) in [4.78, 5) is 2.73. The van der Waals surface area contributed by atoms with Crippen LogP contribution < -0.4 is 4.74 Å². The van der Waals surface area contributed by atoms with Gasteiger partial charge in [0.15, 0.2) is 5.88 Å². The molecule has 0 aliphatic carbocycles. The smallest absolute Gasteiger partial charge is 0.197 e. The molecule has 2 nitrogen and oxygen atoms in total. The number of H-pyrrole nitrogens is 1. The molecule has 68 valence electrons. The molecule has 1 heterocycles. The van der Waals surface area contributed by atoms with E-state index in [9.17, 15) is 4.39 Å². The van der Waals surface area contributed by atoms with Gasteiger partial charge in [-0.2, -0.15) is 0 Å². The minimum Gasteiger partial charge on any atom is -0.482 e. The molecular weight excluding hydrogens is 157 g/mol. The van der Waals surface area contributed by atoms with Crippen molar-refractivity contribution in [1.82, 2.24) is 4.98 Å². The molecule has 0 aromatic carbocycles. The van der Waals surface area contributed by atoms with Crippen LogP contribution in [-0.2, 0) is 5.41 Å². The summed E-state index contributed by atoms with van der Waals surface area (Å²) in [6.45, 7) is 5.84. The maximum Gasteiger partial charge on any atom is 0.197 e. The van der Waals surface area contributed by atoms with Crippen LogP contribution in [0.1, 0.15) is 26.3 Å². The Morgan fingerprint density at radius 2 is 2.00 bits per heavy atom. The van der Waals surface area contributed by atoms with Crippen molar-refractivity contribution in [2.75, 3.05) is 7.11 Å². The third-order valence-electron chi connectivity index (χ3n) is 1.75. The first-order valence-corrected chi connectivity index (χ1v) is 3.88. The quantitative estimate of drug-likeness (QED) is 0.689. The van der Waals surface area contributed by atoms with E-state index >= 15 is 0 Å². The Hall–Kier alpha value is -0.990. The summed E-state index contributed by atoms with van der Waals surface area (Å²) >= 11 is 0. The van der Waals surface area contributed by atoms with Gasteiger partial charge >= 0.3 is 0 Å². The van der Waals surface area contributed by atoms with Gasteiger partial charge in [-0.05, 0) is 5.41 Å². The number of aromatic nitrogens is 1. The highest BCUT2D eigenvalue weighted by atomic mass is 19.1. The maximum atomic E-state index is 13.2. The minimum absolute atomic E-state index is 0.227. The van der Waals surface area contributed by atoms with Crippen LogP contribution in [0.15, 0.2) is 6.20 Å². The molecule has 12 heavy (non-hydrogen) atoms. The predicted molar refractivity (Wildman–Crippen MR) is 46.0 cm³/mol. The van der Waals surface area contributed by atoms with Gasteiger partial charge in [-0.25, -0.2) is 4.39 Å². The van der Waals surface area contributed by atoms with Crippen molar-refractivity contribution < 1.29 is 9.13 Å². The van der Waals surface area contributed by atoms with E-state index in [1.54, 1.807) is 0 Å². The van der Waals surface area contributed by atoms with Gasteiger partial charge in [0.05, 0.1) is 12.7 Å². The molecule has 3 heteroatoms. The number of hydrogen-bond acceptors (Lipinski definition) is 1. The molecule has 0 fully saturated rings. The van der Waals surface area contributed by atoms with Crippen molar-refractivity contribution in [2.45, 2.75) is 26.2 Å². The number of nitrogens with one attached hydrogen (secondary N) is 1. The zero-order valence-electron chi connectivity index (χ0n) is 7.86. The lowest BCUT2D eigenvalue weighted by Gasteiger charge is -2.18. The molecule has 1 rings (SSSR count). The van der Waals surface area contributed by atoms with Crippen molar-refractivity contribution in [3.8, 4) is 5.88 Å². The lowest BCUT2D eigenvalue weighted by molar-refractivity contribution is 0.381. The second-order valence-electron chi connectivity index (χ2n) is 3.79. The van der Waals surface area contributed by atoms with Gasteiger partial charge in [-0.3, -0.25) is 0 Å². The van der Waals surface area contributed by atoms with E-state index in [0.29, 0.717) is 11.4 Å². The van der Waals surface area contributed by atoms with Crippen molar-refractivity contribution >= 4 is 0 Å². The molecule has 0 amide bonds. The van der Waals surface area contributed by atoms with E-state index in [0.717, 1.165) is 0 Å². The average Bonchev–Trinajstić information content (AvgIpc) is 2.29. The first kappa shape index (κ1) is 9.10. The summed E-state index contributed by atoms with van der Waals surface area (Å²) in [5.41, 5.74) is 0.375. The SMILES string of the molecule is COc1[nH]cc(F)c1C(C)(C)C. The van der Waals surface area contributed by atoms with E-state index in [1.165, 1.54) is 13.3 Å². The lowest BCUT2D eigenvalue weighted by atomic mass is 9.88. The normalized spacial score (nSPS) is 11.8. The first-order chi connectivity index (χ1) is 5.46. The number of methoxy groups -OCH3 is 1. The highest BCUT2D eigenvalue weighted by Crippen LogP contribution is 2.32. The lowest BCUT2D eigenvalue weighted by Crippen LogP contribution is -2.13. The molecule has 0 saturated carbocycles. The Balaban J connectivity index is 3.19. The number of halogens is 1. The van der Waals surface area contributed by atoms with Crippen LogP contribution in [0.2, 0.25) is 0 Å². The van der Waals surface area contributed by atoms with Gasteiger partial charge in [-0.15, -0.1) is 0 Å². The van der Waals surface area contributed by atoms with E-state index in [-0.39, 0.29) is 11.2 Å². The second kappa shape index (κ2) is 2.81. The Morgan fingerprint density at radius 3 is 2.33 bits per heavy atom. The standard InChI is InChI=1S/C9H14FNO/c1-9(2,3)7-6(10)5-11-8(7)12-4/h5,11H,1-4H3. The predicted octanol–water partition coefficient (Wildman–Crippen LogP) is 2.46. The second-order valence-corrected chi connectivity index (χ2v) is 3.79. The third-order valence-corrected chi connectivity index (χ3v) is 1.75. The fourth-order valence-electron chi connectivity index (χ4n) is 1.24. The summed E-state index contributed by atoms with van der Waals surface area (Å²) in [5, 5.41) is 0. The Bertz CT molecular complexity index is 273. The highest BCUT2D eigenvalue weighted by molar-refractivity contribution is 5.34. The summed E-state index contributed by atoms with van der Waals surface area (Å²) < 4.78 is 18.2. The van der Waals surface area contributed by atoms with Gasteiger partial charge in [0.25, 0.3) is 0 Å². The van der Waals surface area contributed by atoms with Crippen molar-refractivity contribution in [2.24, 2.45) is 0 Å². The molecule has 0 radical (unpaired) electrons. The summed E-state index contributed by atoms with van der Waals surface area (Å²) in [6, 6.07) is 0. The molecule has 0 aliphatic rings. The molecule has 0 unspecified atom stereocenters. The van der Waals surface area contributed by atoms with Crippen LogP contribution in [0.4, 0.5) is 4.39 Å². The number of aromatic amines is 1. The number of hydrogen-bond donors (Lipinski definition) is 1. The van der Waals surface area contributed by atoms with E-state index < -0.39 is 0 Å². The number of rotatable bonds is 1. The van der Waals surface area contributed by atoms with Gasteiger partial charge in [-0.1, -0.05) is 20.8 Å². The Labute approximate surface area is 71.7 Å². The van der Waals surface area contributed by atoms with Crippen LogP contribution in [0.25, 0.3) is 0 Å². The van der Waals surface area contributed by atoms with Crippen molar-refractivity contribution in [3.63, 3.8) is 0 Å². The van der Waals surface area contributed by atoms with Gasteiger partial charge in [0, 0.05) is 6.20 Å². The molecule has 0 bridgehead atoms. The fourth-order valence-corrected chi connectivity index (χ4v) is 1.24. The molecule has 0 spiro atoms. The van der Waals surface area contributed by atoms with Crippen molar-refractivity contribution in [1.29, 1.82) is 0 Å². The average molecular weight is 171 g/mol. The number of ether oxygens (including phenoxy) is 1. The molecule has 0 atom stereocenters. The van der Waals surface area contributed by atoms with Crippen LogP contribution in [0.5, 0.6) is 5.88 Å². The van der Waals surface area contributed by atoms with Gasteiger partial charge < -0.3 is 9.72 Å². The minimum atomic E-state index is -0.237. The Morgan fingerprint density at radius 1 is 1.42 bits per heavy atom. The first-order valence-electron chi connectivity index (χ1n) is 3.88. The summed E-state index contributed by atoms with van der Waals surface area (Å²) in [6.07, 6.45) is 1.32. The van der Waals surface area contributed by atoms with Crippen LogP contribution in [0, 0.1) is 5.82 Å². The van der Waals surface area contributed by atoms with Crippen molar-refractivity contribution in [3.05, 3.63) is 17.6 Å². The third kappa shape index (κ3) is 1.44. The van der Waals surface area contributed by atoms with Crippen LogP contribution in [-0.4, -0.2) is 12.1 Å². The fraction of sp³-hybridized carbons (Fsp3) is 0.556. The molecule has 0 aliphatic heterocycles. The van der Waals surface area contributed by atoms with E-state index in [1.807, 2.05) is 20.8 Å². The molecular formula is C9H14FNO. The van der Waals surface area contributed by atoms with E-state index in [2.05, 4.69) is 4.98 Å². The summed E-state index contributed by atoms with van der Waals surface area (Å²) in [7, 11) is 1.53. The van der Waals surface area contributed by atoms with Gasteiger partial charge in [0.1, 0.15) is 5.82 Å².